The molecule has 2 heterocycles. The number of hydrogen-bond donors (Lipinski definition) is 0. The lowest BCUT2D eigenvalue weighted by atomic mass is 10.1. The van der Waals surface area contributed by atoms with Gasteiger partial charge in [0.05, 0.1) is 27.4 Å². The van der Waals surface area contributed by atoms with Gasteiger partial charge < -0.3 is 0 Å². The molecule has 9 nitrogen and oxygen atoms in total. The van der Waals surface area contributed by atoms with Gasteiger partial charge in [-0.1, -0.05) is 18.2 Å². The number of imide groups is 1. The van der Waals surface area contributed by atoms with Gasteiger partial charge >= 0.3 is 5.69 Å². The van der Waals surface area contributed by atoms with Gasteiger partial charge in [0.1, 0.15) is 0 Å². The highest BCUT2D eigenvalue weighted by Crippen LogP contribution is 2.34. The third-order valence-electron chi connectivity index (χ3n) is 4.93. The summed E-state index contributed by atoms with van der Waals surface area (Å²) in [6.45, 7) is -0.0457. The van der Waals surface area contributed by atoms with Crippen LogP contribution in [0.5, 0.6) is 0 Å². The molecule has 0 bridgehead atoms. The van der Waals surface area contributed by atoms with Crippen LogP contribution in [0, 0.1) is 10.1 Å². The van der Waals surface area contributed by atoms with E-state index < -0.39 is 16.1 Å². The number of imidazole rings is 1. The number of thioether (sulfide) groups is 1. The summed E-state index contributed by atoms with van der Waals surface area (Å²) in [6.07, 6.45) is 1.61. The second kappa shape index (κ2) is 7.30. The van der Waals surface area contributed by atoms with E-state index in [2.05, 4.69) is 0 Å². The Bertz CT molecular complexity index is 1320. The maximum atomic E-state index is 12.8. The molecule has 2 aromatic carbocycles. The summed E-state index contributed by atoms with van der Waals surface area (Å²) in [5.74, 6) is -0.460. The topological polar surface area (TPSA) is 107 Å². The van der Waals surface area contributed by atoms with Crippen LogP contribution in [0.2, 0.25) is 0 Å². The molecule has 1 fully saturated rings. The number of aryl methyl sites for hydroxylation is 2. The normalized spacial score (nSPS) is 15.5. The minimum Gasteiger partial charge on any atom is -0.295 e. The molecule has 1 saturated heterocycles. The molecular formula is C20H16N4O5S. The zero-order chi connectivity index (χ0) is 21.6. The molecule has 30 heavy (non-hydrogen) atoms. The number of fused-ring (bicyclic) bond motifs is 1. The van der Waals surface area contributed by atoms with Crippen molar-refractivity contribution in [3.63, 3.8) is 0 Å². The minimum atomic E-state index is -0.524. The predicted molar refractivity (Wildman–Crippen MR) is 113 cm³/mol. The van der Waals surface area contributed by atoms with Crippen LogP contribution < -0.4 is 5.69 Å². The molecule has 0 N–H and O–H groups in total. The fourth-order valence-corrected chi connectivity index (χ4v) is 4.19. The van der Waals surface area contributed by atoms with E-state index in [1.54, 1.807) is 44.4 Å². The van der Waals surface area contributed by atoms with Gasteiger partial charge in [-0.05, 0) is 41.1 Å². The monoisotopic (exact) mass is 424 g/mol. The van der Waals surface area contributed by atoms with E-state index in [1.807, 2.05) is 0 Å². The van der Waals surface area contributed by atoms with Crippen LogP contribution in [0.25, 0.3) is 17.1 Å². The molecule has 1 aromatic heterocycles. The lowest BCUT2D eigenvalue weighted by Crippen LogP contribution is -2.27. The molecule has 1 aliphatic rings. The van der Waals surface area contributed by atoms with Crippen LogP contribution in [0.4, 0.5) is 10.5 Å². The SMILES string of the molecule is Cn1c(=O)n(C)c2cc(C=C3SC(=O)N(Cc4cccc([N+](=O)[O-])c4)C3=O)ccc21. The Morgan fingerprint density at radius 2 is 1.77 bits per heavy atom. The first-order chi connectivity index (χ1) is 14.3. The fraction of sp³-hybridized carbons (Fsp3) is 0.150. The Morgan fingerprint density at radius 3 is 2.50 bits per heavy atom. The zero-order valence-electron chi connectivity index (χ0n) is 16.1. The van der Waals surface area contributed by atoms with Crippen molar-refractivity contribution in [1.82, 2.24) is 14.0 Å². The molecule has 2 amide bonds. The number of amides is 2. The number of carbonyl (C=O) groups excluding carboxylic acids is 2. The van der Waals surface area contributed by atoms with Gasteiger partial charge in [0, 0.05) is 26.2 Å². The van der Waals surface area contributed by atoms with Crippen LogP contribution in [0.3, 0.4) is 0 Å². The lowest BCUT2D eigenvalue weighted by molar-refractivity contribution is -0.384. The van der Waals surface area contributed by atoms with E-state index in [-0.39, 0.29) is 22.8 Å². The maximum Gasteiger partial charge on any atom is 0.328 e. The first kappa shape index (κ1) is 19.6. The molecule has 4 rings (SSSR count). The van der Waals surface area contributed by atoms with Crippen molar-refractivity contribution in [3.8, 4) is 0 Å². The fourth-order valence-electron chi connectivity index (χ4n) is 3.35. The van der Waals surface area contributed by atoms with Gasteiger partial charge in [0.2, 0.25) is 0 Å². The molecule has 0 spiro atoms. The summed E-state index contributed by atoms with van der Waals surface area (Å²) >= 11 is 0.815. The summed E-state index contributed by atoms with van der Waals surface area (Å²) in [5, 5.41) is 10.5. The van der Waals surface area contributed by atoms with Gasteiger partial charge in [-0.25, -0.2) is 4.79 Å². The van der Waals surface area contributed by atoms with Crippen molar-refractivity contribution in [1.29, 1.82) is 0 Å². The standard InChI is InChI=1S/C20H16N4O5S/c1-21-15-7-6-12(9-16(15)22(2)19(21)26)10-17-18(25)23(20(27)30-17)11-13-4-3-5-14(8-13)24(28)29/h3-10H,11H2,1-2H3. The van der Waals surface area contributed by atoms with Crippen molar-refractivity contribution >= 4 is 45.7 Å². The van der Waals surface area contributed by atoms with Crippen molar-refractivity contribution in [2.75, 3.05) is 0 Å². The number of hydrogen-bond acceptors (Lipinski definition) is 6. The van der Waals surface area contributed by atoms with Crippen molar-refractivity contribution in [2.45, 2.75) is 6.54 Å². The van der Waals surface area contributed by atoms with E-state index in [4.69, 9.17) is 0 Å². The van der Waals surface area contributed by atoms with E-state index in [9.17, 15) is 24.5 Å². The van der Waals surface area contributed by atoms with Crippen LogP contribution in [-0.4, -0.2) is 30.1 Å². The summed E-state index contributed by atoms with van der Waals surface area (Å²) in [4.78, 5) is 48.9. The third-order valence-corrected chi connectivity index (χ3v) is 5.84. The van der Waals surface area contributed by atoms with Gasteiger partial charge in [-0.2, -0.15) is 0 Å². The molecule has 0 aliphatic carbocycles. The molecule has 152 valence electrons. The molecule has 0 radical (unpaired) electrons. The predicted octanol–water partition coefficient (Wildman–Crippen LogP) is 3.02. The number of benzene rings is 2. The van der Waals surface area contributed by atoms with Crippen LogP contribution in [0.1, 0.15) is 11.1 Å². The van der Waals surface area contributed by atoms with E-state index in [0.29, 0.717) is 16.6 Å². The first-order valence-electron chi connectivity index (χ1n) is 8.90. The van der Waals surface area contributed by atoms with E-state index in [1.165, 1.54) is 27.3 Å². The smallest absolute Gasteiger partial charge is 0.295 e. The van der Waals surface area contributed by atoms with Crippen molar-refractivity contribution < 1.29 is 14.5 Å². The van der Waals surface area contributed by atoms with Crippen molar-refractivity contribution in [3.05, 3.63) is 79.1 Å². The zero-order valence-corrected chi connectivity index (χ0v) is 16.9. The summed E-state index contributed by atoms with van der Waals surface area (Å²) in [5.41, 5.74) is 2.40. The Hall–Kier alpha value is -3.66. The average molecular weight is 424 g/mol. The quantitative estimate of drug-likeness (QED) is 0.362. The summed E-state index contributed by atoms with van der Waals surface area (Å²) < 4.78 is 3.05. The number of non-ortho nitro benzene ring substituents is 1. The maximum absolute atomic E-state index is 12.8. The number of nitro groups is 1. The largest absolute Gasteiger partial charge is 0.328 e. The van der Waals surface area contributed by atoms with Gasteiger partial charge in [0.15, 0.2) is 0 Å². The summed E-state index contributed by atoms with van der Waals surface area (Å²) in [7, 11) is 3.35. The molecule has 3 aromatic rings. The molecular weight excluding hydrogens is 408 g/mol. The second-order valence-electron chi connectivity index (χ2n) is 6.84. The van der Waals surface area contributed by atoms with Crippen molar-refractivity contribution in [2.24, 2.45) is 14.1 Å². The van der Waals surface area contributed by atoms with E-state index >= 15 is 0 Å². The molecule has 0 unspecified atom stereocenters. The number of carbonyl (C=O) groups is 2. The highest BCUT2D eigenvalue weighted by atomic mass is 32.2. The van der Waals surface area contributed by atoms with Gasteiger partial charge in [-0.3, -0.25) is 33.7 Å². The Balaban J connectivity index is 1.62. The number of rotatable bonds is 4. The van der Waals surface area contributed by atoms with Crippen LogP contribution >= 0.6 is 11.8 Å². The van der Waals surface area contributed by atoms with Gasteiger partial charge in [-0.15, -0.1) is 0 Å². The Kier molecular flexibility index (Phi) is 4.78. The summed E-state index contributed by atoms with van der Waals surface area (Å²) in [6, 6.07) is 11.2. The number of aromatic nitrogens is 2. The first-order valence-corrected chi connectivity index (χ1v) is 9.72. The lowest BCUT2D eigenvalue weighted by Gasteiger charge is -2.12. The van der Waals surface area contributed by atoms with E-state index in [0.717, 1.165) is 22.2 Å². The Morgan fingerprint density at radius 1 is 1.03 bits per heavy atom. The number of nitrogens with zero attached hydrogens (tertiary/aromatic N) is 4. The Labute approximate surface area is 174 Å². The highest BCUT2D eigenvalue weighted by Gasteiger charge is 2.35. The molecule has 0 saturated carbocycles. The number of nitro benzene ring substituents is 1. The molecule has 0 atom stereocenters. The average Bonchev–Trinajstić information content (AvgIpc) is 3.10. The van der Waals surface area contributed by atoms with Gasteiger partial charge in [0.25, 0.3) is 16.8 Å². The second-order valence-corrected chi connectivity index (χ2v) is 7.84. The molecule has 10 heteroatoms. The highest BCUT2D eigenvalue weighted by molar-refractivity contribution is 8.18. The van der Waals surface area contributed by atoms with Crippen LogP contribution in [0.15, 0.2) is 52.2 Å². The van der Waals surface area contributed by atoms with Crippen LogP contribution in [-0.2, 0) is 25.4 Å². The molecule has 1 aliphatic heterocycles. The minimum absolute atomic E-state index is 0.0457. The third kappa shape index (κ3) is 3.30.